The molecule has 0 atom stereocenters. The fourth-order valence-electron chi connectivity index (χ4n) is 3.01. The zero-order chi connectivity index (χ0) is 18.1. The minimum atomic E-state index is -0.240. The van der Waals surface area contributed by atoms with Crippen LogP contribution in [0.4, 0.5) is 5.82 Å². The Morgan fingerprint density at radius 2 is 2.08 bits per heavy atom. The number of H-pyrrole nitrogens is 1. The van der Waals surface area contributed by atoms with Gasteiger partial charge in [-0.1, -0.05) is 18.2 Å². The lowest BCUT2D eigenvalue weighted by atomic mass is 10.2. The van der Waals surface area contributed by atoms with Gasteiger partial charge in [0.05, 0.1) is 24.9 Å². The quantitative estimate of drug-likeness (QED) is 0.747. The molecule has 1 aromatic carbocycles. The minimum absolute atomic E-state index is 0.240. The van der Waals surface area contributed by atoms with Crippen molar-refractivity contribution in [2.24, 2.45) is 4.99 Å². The second kappa shape index (κ2) is 6.55. The first-order chi connectivity index (χ1) is 12.6. The van der Waals surface area contributed by atoms with E-state index in [9.17, 15) is 4.79 Å². The number of aromatic amines is 1. The molecule has 0 fully saturated rings. The fraction of sp³-hybridized carbons (Fsp3) is 0.278. The largest absolute Gasteiger partial charge is 0.343 e. The predicted octanol–water partition coefficient (Wildman–Crippen LogP) is 1.75. The van der Waals surface area contributed by atoms with Crippen LogP contribution in [0.25, 0.3) is 10.9 Å². The van der Waals surface area contributed by atoms with Crippen LogP contribution in [0.5, 0.6) is 0 Å². The average Bonchev–Trinajstić information content (AvgIpc) is 3.29. The Hall–Kier alpha value is -3.29. The number of rotatable bonds is 4. The number of nitrogens with one attached hydrogen (secondary N) is 2. The molecular formula is C18H19N7O. The number of fused-ring (bicyclic) bond motifs is 1. The lowest BCUT2D eigenvalue weighted by molar-refractivity contribution is 0.0946. The Balaban J connectivity index is 1.54. The van der Waals surface area contributed by atoms with Gasteiger partial charge in [-0.3, -0.25) is 9.79 Å². The maximum Gasteiger partial charge on any atom is 0.271 e. The molecule has 0 radical (unpaired) electrons. The molecular weight excluding hydrogens is 330 g/mol. The number of anilines is 1. The van der Waals surface area contributed by atoms with Crippen molar-refractivity contribution >= 4 is 29.0 Å². The monoisotopic (exact) mass is 349 g/mol. The van der Waals surface area contributed by atoms with Crippen LogP contribution in [0.1, 0.15) is 27.8 Å². The van der Waals surface area contributed by atoms with Crippen LogP contribution in [-0.4, -0.2) is 45.3 Å². The second-order valence-corrected chi connectivity index (χ2v) is 6.16. The van der Waals surface area contributed by atoms with Crippen LogP contribution >= 0.6 is 0 Å². The molecule has 8 heteroatoms. The van der Waals surface area contributed by atoms with Gasteiger partial charge in [0.2, 0.25) is 0 Å². The van der Waals surface area contributed by atoms with Gasteiger partial charge in [0.15, 0.2) is 5.82 Å². The number of amides is 1. The van der Waals surface area contributed by atoms with Gasteiger partial charge in [0.1, 0.15) is 17.3 Å². The Labute approximate surface area is 150 Å². The number of carbonyl (C=O) groups is 1. The van der Waals surface area contributed by atoms with Crippen molar-refractivity contribution in [3.8, 4) is 0 Å². The number of aliphatic imine (C=N–C) groups is 1. The van der Waals surface area contributed by atoms with Crippen molar-refractivity contribution in [2.45, 2.75) is 20.4 Å². The third kappa shape index (κ3) is 3.01. The Kier molecular flexibility index (Phi) is 4.08. The SMILES string of the molecule is Cc1nc(N2C=NCC2)c(C(=O)NCc2nc(C)c3ccccc3n2)[nH]1. The highest BCUT2D eigenvalue weighted by Crippen LogP contribution is 2.19. The van der Waals surface area contributed by atoms with Gasteiger partial charge in [-0.25, -0.2) is 15.0 Å². The van der Waals surface area contributed by atoms with Crippen LogP contribution in [0.15, 0.2) is 29.3 Å². The van der Waals surface area contributed by atoms with E-state index >= 15 is 0 Å². The van der Waals surface area contributed by atoms with Crippen molar-refractivity contribution in [3.05, 3.63) is 47.3 Å². The van der Waals surface area contributed by atoms with Gasteiger partial charge in [0, 0.05) is 17.6 Å². The molecule has 2 N–H and O–H groups in total. The lowest BCUT2D eigenvalue weighted by Crippen LogP contribution is -2.28. The molecule has 1 aliphatic heterocycles. The normalized spacial score (nSPS) is 13.5. The second-order valence-electron chi connectivity index (χ2n) is 6.16. The molecule has 0 saturated heterocycles. The summed E-state index contributed by atoms with van der Waals surface area (Å²) in [5, 5.41) is 3.89. The highest BCUT2D eigenvalue weighted by Gasteiger charge is 2.22. The topological polar surface area (TPSA) is 99.2 Å². The van der Waals surface area contributed by atoms with E-state index in [1.165, 1.54) is 0 Å². The summed E-state index contributed by atoms with van der Waals surface area (Å²) in [6, 6.07) is 7.83. The third-order valence-electron chi connectivity index (χ3n) is 4.24. The highest BCUT2D eigenvalue weighted by molar-refractivity contribution is 5.99. The van der Waals surface area contributed by atoms with Crippen LogP contribution < -0.4 is 10.2 Å². The summed E-state index contributed by atoms with van der Waals surface area (Å²) in [5.74, 6) is 1.62. The number of para-hydroxylation sites is 1. The number of aryl methyl sites for hydroxylation is 2. The van der Waals surface area contributed by atoms with E-state index in [2.05, 4.69) is 30.2 Å². The first-order valence-corrected chi connectivity index (χ1v) is 8.45. The number of imidazole rings is 1. The lowest BCUT2D eigenvalue weighted by Gasteiger charge is -2.12. The van der Waals surface area contributed by atoms with Crippen molar-refractivity contribution in [1.82, 2.24) is 25.3 Å². The fourth-order valence-corrected chi connectivity index (χ4v) is 3.01. The van der Waals surface area contributed by atoms with Crippen LogP contribution in [0.3, 0.4) is 0 Å². The number of aromatic nitrogens is 4. The smallest absolute Gasteiger partial charge is 0.271 e. The number of benzene rings is 1. The van der Waals surface area contributed by atoms with Crippen molar-refractivity contribution < 1.29 is 4.79 Å². The van der Waals surface area contributed by atoms with E-state index < -0.39 is 0 Å². The van der Waals surface area contributed by atoms with Crippen LogP contribution in [-0.2, 0) is 6.54 Å². The number of nitrogens with zero attached hydrogens (tertiary/aromatic N) is 5. The molecule has 4 rings (SSSR count). The van der Waals surface area contributed by atoms with Gasteiger partial charge in [-0.15, -0.1) is 0 Å². The van der Waals surface area contributed by atoms with Crippen molar-refractivity contribution in [1.29, 1.82) is 0 Å². The van der Waals surface area contributed by atoms with Crippen LogP contribution in [0, 0.1) is 13.8 Å². The number of carbonyl (C=O) groups excluding carboxylic acids is 1. The van der Waals surface area contributed by atoms with Gasteiger partial charge >= 0.3 is 0 Å². The molecule has 1 amide bonds. The molecule has 3 aromatic rings. The molecule has 0 aliphatic carbocycles. The van der Waals surface area contributed by atoms with Gasteiger partial charge in [-0.05, 0) is 19.9 Å². The maximum atomic E-state index is 12.6. The van der Waals surface area contributed by atoms with Gasteiger partial charge in [0.25, 0.3) is 5.91 Å². The molecule has 26 heavy (non-hydrogen) atoms. The summed E-state index contributed by atoms with van der Waals surface area (Å²) in [4.78, 5) is 35.2. The molecule has 132 valence electrons. The van der Waals surface area contributed by atoms with E-state index in [-0.39, 0.29) is 12.5 Å². The Morgan fingerprint density at radius 1 is 1.23 bits per heavy atom. The summed E-state index contributed by atoms with van der Waals surface area (Å²) in [5.41, 5.74) is 2.19. The van der Waals surface area contributed by atoms with E-state index in [1.807, 2.05) is 43.0 Å². The minimum Gasteiger partial charge on any atom is -0.343 e. The van der Waals surface area contributed by atoms with E-state index in [0.29, 0.717) is 29.7 Å². The zero-order valence-corrected chi connectivity index (χ0v) is 14.7. The number of hydrogen-bond donors (Lipinski definition) is 2. The van der Waals surface area contributed by atoms with E-state index in [0.717, 1.165) is 23.1 Å². The number of hydrogen-bond acceptors (Lipinski definition) is 6. The molecule has 0 spiro atoms. The third-order valence-corrected chi connectivity index (χ3v) is 4.24. The standard InChI is InChI=1S/C18H19N7O/c1-11-13-5-3-4-6-14(13)24-15(21-11)9-20-18(26)16-17(23-12(2)22-16)25-8-7-19-10-25/h3-6,10H,7-9H2,1-2H3,(H,20,26)(H,22,23). The molecule has 0 saturated carbocycles. The summed E-state index contributed by atoms with van der Waals surface area (Å²) < 4.78 is 0. The first kappa shape index (κ1) is 16.2. The molecule has 0 unspecified atom stereocenters. The van der Waals surface area contributed by atoms with Crippen molar-refractivity contribution in [3.63, 3.8) is 0 Å². The van der Waals surface area contributed by atoms with E-state index in [4.69, 9.17) is 0 Å². The molecule has 8 nitrogen and oxygen atoms in total. The summed E-state index contributed by atoms with van der Waals surface area (Å²) >= 11 is 0. The Bertz CT molecular complexity index is 1010. The van der Waals surface area contributed by atoms with Crippen molar-refractivity contribution in [2.75, 3.05) is 18.0 Å². The first-order valence-electron chi connectivity index (χ1n) is 8.45. The van der Waals surface area contributed by atoms with E-state index in [1.54, 1.807) is 6.34 Å². The predicted molar refractivity (Wildman–Crippen MR) is 99.5 cm³/mol. The zero-order valence-electron chi connectivity index (χ0n) is 14.7. The molecule has 1 aliphatic rings. The van der Waals surface area contributed by atoms with Gasteiger partial charge < -0.3 is 15.2 Å². The molecule has 0 bridgehead atoms. The van der Waals surface area contributed by atoms with Gasteiger partial charge in [-0.2, -0.15) is 0 Å². The molecule has 3 heterocycles. The maximum absolute atomic E-state index is 12.6. The highest BCUT2D eigenvalue weighted by atomic mass is 16.1. The summed E-state index contributed by atoms with van der Waals surface area (Å²) in [6.45, 7) is 5.44. The van der Waals surface area contributed by atoms with Crippen LogP contribution in [0.2, 0.25) is 0 Å². The summed E-state index contributed by atoms with van der Waals surface area (Å²) in [6.07, 6.45) is 1.71. The average molecular weight is 349 g/mol. The Morgan fingerprint density at radius 3 is 2.88 bits per heavy atom. The summed E-state index contributed by atoms with van der Waals surface area (Å²) in [7, 11) is 0. The molecule has 2 aromatic heterocycles.